The van der Waals surface area contributed by atoms with Crippen LogP contribution in [0, 0.1) is 6.92 Å². The number of nitrogens with one attached hydrogen (secondary N) is 1. The van der Waals surface area contributed by atoms with Gasteiger partial charge in [-0.2, -0.15) is 0 Å². The van der Waals surface area contributed by atoms with Crippen molar-refractivity contribution in [3.05, 3.63) is 52.2 Å². The lowest BCUT2D eigenvalue weighted by Gasteiger charge is -2.11. The van der Waals surface area contributed by atoms with Crippen molar-refractivity contribution in [1.82, 2.24) is 0 Å². The van der Waals surface area contributed by atoms with Crippen molar-refractivity contribution < 1.29 is 5.11 Å². The monoisotopic (exact) mass is 233 g/mol. The maximum absolute atomic E-state index is 9.89. The summed E-state index contributed by atoms with van der Waals surface area (Å²) < 4.78 is 0. The molecular weight excluding hydrogens is 218 g/mol. The molecule has 84 valence electrons. The molecule has 2 N–H and O–H groups in total. The van der Waals surface area contributed by atoms with E-state index in [1.165, 1.54) is 5.56 Å². The number of aliphatic hydroxyl groups is 1. The first-order valence-electron chi connectivity index (χ1n) is 5.28. The number of thiophene rings is 1. The van der Waals surface area contributed by atoms with Crippen LogP contribution in [0.25, 0.3) is 0 Å². The Morgan fingerprint density at radius 1 is 1.31 bits per heavy atom. The van der Waals surface area contributed by atoms with E-state index in [4.69, 9.17) is 0 Å². The lowest BCUT2D eigenvalue weighted by molar-refractivity contribution is 0.195. The van der Waals surface area contributed by atoms with Crippen molar-refractivity contribution in [2.75, 3.05) is 11.9 Å². The third kappa shape index (κ3) is 2.84. The standard InChI is InChI=1S/C13H15NOS/c1-10-4-2-5-11(8-10)14-9-12(15)13-6-3-7-16-13/h2-8,12,14-15H,9H2,1H3. The molecule has 0 spiro atoms. The number of benzene rings is 1. The first-order valence-corrected chi connectivity index (χ1v) is 6.15. The van der Waals surface area contributed by atoms with Gasteiger partial charge in [0, 0.05) is 17.1 Å². The molecule has 1 unspecified atom stereocenters. The predicted octanol–water partition coefficient (Wildman–Crippen LogP) is 3.20. The molecule has 0 saturated heterocycles. The molecule has 2 nitrogen and oxygen atoms in total. The molecule has 0 fully saturated rings. The minimum absolute atomic E-state index is 0.430. The third-order valence-electron chi connectivity index (χ3n) is 2.39. The van der Waals surface area contributed by atoms with Crippen molar-refractivity contribution >= 4 is 17.0 Å². The molecule has 1 aromatic carbocycles. The van der Waals surface area contributed by atoms with Gasteiger partial charge in [0.2, 0.25) is 0 Å². The van der Waals surface area contributed by atoms with E-state index in [0.29, 0.717) is 6.54 Å². The quantitative estimate of drug-likeness (QED) is 0.850. The molecule has 2 rings (SSSR count). The summed E-state index contributed by atoms with van der Waals surface area (Å²) >= 11 is 1.58. The number of hydrogen-bond acceptors (Lipinski definition) is 3. The molecule has 2 aromatic rings. The molecule has 1 aromatic heterocycles. The molecule has 0 aliphatic rings. The molecular formula is C13H15NOS. The largest absolute Gasteiger partial charge is 0.386 e. The van der Waals surface area contributed by atoms with Gasteiger partial charge in [-0.25, -0.2) is 0 Å². The Bertz CT molecular complexity index is 439. The second-order valence-corrected chi connectivity index (χ2v) is 4.76. The average Bonchev–Trinajstić information content (AvgIpc) is 2.79. The van der Waals surface area contributed by atoms with Crippen LogP contribution in [0.15, 0.2) is 41.8 Å². The highest BCUT2D eigenvalue weighted by molar-refractivity contribution is 7.10. The molecule has 0 radical (unpaired) electrons. The zero-order valence-corrected chi connectivity index (χ0v) is 10.00. The Labute approximate surface area is 99.6 Å². The smallest absolute Gasteiger partial charge is 0.105 e. The second-order valence-electron chi connectivity index (χ2n) is 3.78. The zero-order chi connectivity index (χ0) is 11.4. The fourth-order valence-corrected chi connectivity index (χ4v) is 2.26. The van der Waals surface area contributed by atoms with Crippen LogP contribution in [0.3, 0.4) is 0 Å². The Morgan fingerprint density at radius 3 is 2.88 bits per heavy atom. The molecule has 0 saturated carbocycles. The molecule has 0 aliphatic heterocycles. The predicted molar refractivity (Wildman–Crippen MR) is 68.9 cm³/mol. The molecule has 1 heterocycles. The lowest BCUT2D eigenvalue weighted by atomic mass is 10.2. The second kappa shape index (κ2) is 5.14. The van der Waals surface area contributed by atoms with Gasteiger partial charge in [-0.15, -0.1) is 11.3 Å². The van der Waals surface area contributed by atoms with Gasteiger partial charge in [-0.3, -0.25) is 0 Å². The van der Waals surface area contributed by atoms with Crippen LogP contribution in [0.4, 0.5) is 5.69 Å². The van der Waals surface area contributed by atoms with E-state index >= 15 is 0 Å². The Kier molecular flexibility index (Phi) is 3.59. The number of aliphatic hydroxyl groups excluding tert-OH is 1. The van der Waals surface area contributed by atoms with E-state index in [0.717, 1.165) is 10.6 Å². The minimum Gasteiger partial charge on any atom is -0.386 e. The van der Waals surface area contributed by atoms with Crippen LogP contribution in [0.1, 0.15) is 16.5 Å². The summed E-state index contributed by atoms with van der Waals surface area (Å²) in [6.07, 6.45) is -0.430. The number of anilines is 1. The van der Waals surface area contributed by atoms with Crippen LogP contribution in [-0.4, -0.2) is 11.7 Å². The summed E-state index contributed by atoms with van der Waals surface area (Å²) in [5.41, 5.74) is 2.27. The summed E-state index contributed by atoms with van der Waals surface area (Å²) in [5.74, 6) is 0. The topological polar surface area (TPSA) is 32.3 Å². The fourth-order valence-electron chi connectivity index (χ4n) is 1.55. The van der Waals surface area contributed by atoms with Crippen LogP contribution in [0.5, 0.6) is 0 Å². The van der Waals surface area contributed by atoms with Crippen molar-refractivity contribution in [2.45, 2.75) is 13.0 Å². The van der Waals surface area contributed by atoms with Gasteiger partial charge in [0.1, 0.15) is 6.10 Å². The lowest BCUT2D eigenvalue weighted by Crippen LogP contribution is -2.10. The maximum Gasteiger partial charge on any atom is 0.105 e. The van der Waals surface area contributed by atoms with Gasteiger partial charge in [0.15, 0.2) is 0 Å². The first kappa shape index (κ1) is 11.2. The van der Waals surface area contributed by atoms with E-state index in [2.05, 4.69) is 24.4 Å². The summed E-state index contributed by atoms with van der Waals surface area (Å²) in [5, 5.41) is 15.1. The Hall–Kier alpha value is -1.32. The number of hydrogen-bond donors (Lipinski definition) is 2. The first-order chi connectivity index (χ1) is 7.75. The van der Waals surface area contributed by atoms with Crippen molar-refractivity contribution in [2.24, 2.45) is 0 Å². The average molecular weight is 233 g/mol. The summed E-state index contributed by atoms with van der Waals surface area (Å²) in [6, 6.07) is 12.1. The van der Waals surface area contributed by atoms with E-state index < -0.39 is 6.10 Å². The van der Waals surface area contributed by atoms with E-state index in [1.54, 1.807) is 11.3 Å². The SMILES string of the molecule is Cc1cccc(NCC(O)c2cccs2)c1. The molecule has 3 heteroatoms. The van der Waals surface area contributed by atoms with Gasteiger partial charge in [-0.1, -0.05) is 18.2 Å². The molecule has 16 heavy (non-hydrogen) atoms. The van der Waals surface area contributed by atoms with Gasteiger partial charge in [0.05, 0.1) is 0 Å². The van der Waals surface area contributed by atoms with Crippen LogP contribution < -0.4 is 5.32 Å². The van der Waals surface area contributed by atoms with Crippen molar-refractivity contribution in [1.29, 1.82) is 0 Å². The van der Waals surface area contributed by atoms with Gasteiger partial charge in [-0.05, 0) is 36.1 Å². The molecule has 0 amide bonds. The summed E-state index contributed by atoms with van der Waals surface area (Å²) in [6.45, 7) is 2.60. The van der Waals surface area contributed by atoms with Crippen LogP contribution in [-0.2, 0) is 0 Å². The maximum atomic E-state index is 9.89. The van der Waals surface area contributed by atoms with Gasteiger partial charge < -0.3 is 10.4 Å². The highest BCUT2D eigenvalue weighted by atomic mass is 32.1. The minimum atomic E-state index is -0.430. The highest BCUT2D eigenvalue weighted by Crippen LogP contribution is 2.19. The van der Waals surface area contributed by atoms with Crippen molar-refractivity contribution in [3.8, 4) is 0 Å². The molecule has 0 aliphatic carbocycles. The summed E-state index contributed by atoms with van der Waals surface area (Å²) in [7, 11) is 0. The Morgan fingerprint density at radius 2 is 2.19 bits per heavy atom. The molecule has 1 atom stereocenters. The Balaban J connectivity index is 1.92. The van der Waals surface area contributed by atoms with Crippen molar-refractivity contribution in [3.63, 3.8) is 0 Å². The fraction of sp³-hybridized carbons (Fsp3) is 0.231. The van der Waals surface area contributed by atoms with Gasteiger partial charge >= 0.3 is 0 Å². The van der Waals surface area contributed by atoms with Gasteiger partial charge in [0.25, 0.3) is 0 Å². The van der Waals surface area contributed by atoms with E-state index in [9.17, 15) is 5.11 Å². The van der Waals surface area contributed by atoms with Crippen LogP contribution >= 0.6 is 11.3 Å². The highest BCUT2D eigenvalue weighted by Gasteiger charge is 2.07. The van der Waals surface area contributed by atoms with E-state index in [1.807, 2.05) is 29.6 Å². The zero-order valence-electron chi connectivity index (χ0n) is 9.18. The molecule has 0 bridgehead atoms. The normalized spacial score (nSPS) is 12.4. The summed E-state index contributed by atoms with van der Waals surface area (Å²) in [4.78, 5) is 1.00. The van der Waals surface area contributed by atoms with Crippen LogP contribution in [0.2, 0.25) is 0 Å². The number of rotatable bonds is 4. The third-order valence-corrected chi connectivity index (χ3v) is 3.36. The van der Waals surface area contributed by atoms with E-state index in [-0.39, 0.29) is 0 Å². The number of aryl methyl sites for hydroxylation is 1.